The molecule has 0 bridgehead atoms. The van der Waals surface area contributed by atoms with Crippen molar-refractivity contribution in [2.75, 3.05) is 5.32 Å². The van der Waals surface area contributed by atoms with Crippen LogP contribution in [0.4, 0.5) is 5.69 Å². The molecule has 55 valence electrons. The summed E-state index contributed by atoms with van der Waals surface area (Å²) < 4.78 is 5.17. The number of benzene rings is 1. The van der Waals surface area contributed by atoms with Gasteiger partial charge in [-0.3, -0.25) is 0 Å². The van der Waals surface area contributed by atoms with Gasteiger partial charge in [-0.25, -0.2) is 0 Å². The predicted molar refractivity (Wildman–Crippen MR) is 45.2 cm³/mol. The first-order valence-corrected chi connectivity index (χ1v) is 3.40. The quantitative estimate of drug-likeness (QED) is 0.669. The van der Waals surface area contributed by atoms with E-state index in [2.05, 4.69) is 12.4 Å². The topological polar surface area (TPSA) is 25.2 Å². The summed E-state index contributed by atoms with van der Waals surface area (Å²) in [6.45, 7) is 0. The van der Waals surface area contributed by atoms with Gasteiger partial charge in [0.25, 0.3) is 0 Å². The summed E-state index contributed by atoms with van der Waals surface area (Å²) in [6.07, 6.45) is 1.68. The molecule has 0 saturated heterocycles. The molecule has 0 saturated carbocycles. The molecule has 0 atom stereocenters. The Morgan fingerprint density at radius 1 is 1.27 bits per heavy atom. The minimum Gasteiger partial charge on any atom is -0.464 e. The zero-order chi connectivity index (χ0) is 7.68. The van der Waals surface area contributed by atoms with Gasteiger partial charge in [-0.1, -0.05) is 0 Å². The number of nitrogens with one attached hydrogen (secondary N) is 1. The molecule has 0 fully saturated rings. The highest BCUT2D eigenvalue weighted by molar-refractivity contribution is 5.81. The lowest BCUT2D eigenvalue weighted by atomic mass is 10.2. The van der Waals surface area contributed by atoms with E-state index in [4.69, 9.17) is 4.42 Å². The zero-order valence-corrected chi connectivity index (χ0v) is 6.00. The number of rotatable bonds is 1. The molecule has 0 aliphatic rings. The second-order valence-electron chi connectivity index (χ2n) is 2.35. The van der Waals surface area contributed by atoms with Crippen molar-refractivity contribution in [1.29, 1.82) is 0 Å². The molecule has 0 unspecified atom stereocenters. The second kappa shape index (κ2) is 2.31. The van der Waals surface area contributed by atoms with Crippen LogP contribution in [0.15, 0.2) is 34.9 Å². The molecular formula is C9H8NO. The van der Waals surface area contributed by atoms with Gasteiger partial charge in [0.05, 0.1) is 6.26 Å². The summed E-state index contributed by atoms with van der Waals surface area (Å²) in [5.41, 5.74) is 1.91. The average molecular weight is 146 g/mol. The highest BCUT2D eigenvalue weighted by Crippen LogP contribution is 2.19. The van der Waals surface area contributed by atoms with Crippen LogP contribution in [0, 0.1) is 7.05 Å². The highest BCUT2D eigenvalue weighted by atomic mass is 16.3. The van der Waals surface area contributed by atoms with Gasteiger partial charge in [0.15, 0.2) is 0 Å². The predicted octanol–water partition coefficient (Wildman–Crippen LogP) is 2.64. The van der Waals surface area contributed by atoms with E-state index in [1.54, 1.807) is 6.26 Å². The standard InChI is InChI=1S/C9H8NO/c1-10-8-2-3-9-7(6-8)4-5-11-9/h2-6,10H,1H2. The Bertz CT molecular complexity index is 364. The van der Waals surface area contributed by atoms with Crippen LogP contribution >= 0.6 is 0 Å². The van der Waals surface area contributed by atoms with Crippen molar-refractivity contribution in [1.82, 2.24) is 0 Å². The molecule has 2 heteroatoms. The molecule has 2 rings (SSSR count). The summed E-state index contributed by atoms with van der Waals surface area (Å²) in [5.74, 6) is 0. The van der Waals surface area contributed by atoms with E-state index in [-0.39, 0.29) is 0 Å². The van der Waals surface area contributed by atoms with E-state index in [9.17, 15) is 0 Å². The van der Waals surface area contributed by atoms with E-state index in [1.807, 2.05) is 24.3 Å². The van der Waals surface area contributed by atoms with Gasteiger partial charge in [-0.2, -0.15) is 0 Å². The minimum atomic E-state index is 0.906. The third-order valence-electron chi connectivity index (χ3n) is 1.66. The maximum absolute atomic E-state index is 5.17. The smallest absolute Gasteiger partial charge is 0.133 e. The molecule has 0 amide bonds. The summed E-state index contributed by atoms with van der Waals surface area (Å²) >= 11 is 0. The second-order valence-corrected chi connectivity index (χ2v) is 2.35. The molecule has 0 spiro atoms. The Kier molecular flexibility index (Phi) is 1.32. The summed E-state index contributed by atoms with van der Waals surface area (Å²) in [4.78, 5) is 0. The lowest BCUT2D eigenvalue weighted by Gasteiger charge is -1.96. The number of hydrogen-bond acceptors (Lipinski definition) is 2. The van der Waals surface area contributed by atoms with Crippen LogP contribution in [0.2, 0.25) is 0 Å². The van der Waals surface area contributed by atoms with Crippen molar-refractivity contribution in [2.24, 2.45) is 0 Å². The molecule has 0 aliphatic carbocycles. The molecule has 11 heavy (non-hydrogen) atoms. The third-order valence-corrected chi connectivity index (χ3v) is 1.66. The first kappa shape index (κ1) is 6.28. The number of anilines is 1. The van der Waals surface area contributed by atoms with Gasteiger partial charge in [-0.15, -0.1) is 0 Å². The van der Waals surface area contributed by atoms with Crippen LogP contribution in [0.25, 0.3) is 11.0 Å². The molecule has 1 N–H and O–H groups in total. The van der Waals surface area contributed by atoms with E-state index in [0.717, 1.165) is 16.7 Å². The molecule has 2 aromatic rings. The minimum absolute atomic E-state index is 0.906. The van der Waals surface area contributed by atoms with Crippen molar-refractivity contribution in [3.63, 3.8) is 0 Å². The van der Waals surface area contributed by atoms with Gasteiger partial charge in [0, 0.05) is 18.1 Å². The van der Waals surface area contributed by atoms with Crippen LogP contribution < -0.4 is 5.32 Å². The molecular weight excluding hydrogens is 138 g/mol. The van der Waals surface area contributed by atoms with Crippen molar-refractivity contribution < 1.29 is 4.42 Å². The number of furan rings is 1. The van der Waals surface area contributed by atoms with Crippen LogP contribution in [0.1, 0.15) is 0 Å². The molecule has 1 aromatic heterocycles. The fourth-order valence-corrected chi connectivity index (χ4v) is 1.08. The molecule has 2 nitrogen and oxygen atoms in total. The van der Waals surface area contributed by atoms with Gasteiger partial charge >= 0.3 is 0 Å². The summed E-state index contributed by atoms with van der Waals surface area (Å²) in [6, 6.07) is 7.77. The number of hydrogen-bond donors (Lipinski definition) is 1. The Labute approximate surface area is 64.8 Å². The maximum Gasteiger partial charge on any atom is 0.133 e. The Morgan fingerprint density at radius 3 is 3.00 bits per heavy atom. The fraction of sp³-hybridized carbons (Fsp3) is 0. The fourth-order valence-electron chi connectivity index (χ4n) is 1.08. The van der Waals surface area contributed by atoms with Gasteiger partial charge < -0.3 is 9.73 Å². The van der Waals surface area contributed by atoms with Crippen LogP contribution in [0.3, 0.4) is 0 Å². The Hall–Kier alpha value is -1.44. The zero-order valence-electron chi connectivity index (χ0n) is 6.00. The van der Waals surface area contributed by atoms with Crippen molar-refractivity contribution in [3.8, 4) is 0 Å². The number of fused-ring (bicyclic) bond motifs is 1. The summed E-state index contributed by atoms with van der Waals surface area (Å²) in [5, 5.41) is 3.91. The van der Waals surface area contributed by atoms with Crippen LogP contribution in [-0.2, 0) is 0 Å². The molecule has 0 aliphatic heterocycles. The van der Waals surface area contributed by atoms with E-state index >= 15 is 0 Å². The molecule has 1 radical (unpaired) electrons. The van der Waals surface area contributed by atoms with Crippen LogP contribution in [0.5, 0.6) is 0 Å². The lowest BCUT2D eigenvalue weighted by molar-refractivity contribution is 0.616. The Morgan fingerprint density at radius 2 is 2.18 bits per heavy atom. The largest absolute Gasteiger partial charge is 0.464 e. The van der Waals surface area contributed by atoms with E-state index in [1.165, 1.54) is 0 Å². The van der Waals surface area contributed by atoms with Gasteiger partial charge in [-0.05, 0) is 24.3 Å². The van der Waals surface area contributed by atoms with Crippen molar-refractivity contribution >= 4 is 16.7 Å². The monoisotopic (exact) mass is 146 g/mol. The summed E-state index contributed by atoms with van der Waals surface area (Å²) in [7, 11) is 3.57. The van der Waals surface area contributed by atoms with Crippen LogP contribution in [-0.4, -0.2) is 0 Å². The molecule has 1 aromatic carbocycles. The normalized spacial score (nSPS) is 10.3. The molecule has 1 heterocycles. The average Bonchev–Trinajstić information content (AvgIpc) is 2.50. The SMILES string of the molecule is [CH2]Nc1ccc2occc2c1. The van der Waals surface area contributed by atoms with Crippen molar-refractivity contribution in [2.45, 2.75) is 0 Å². The van der Waals surface area contributed by atoms with Crippen molar-refractivity contribution in [3.05, 3.63) is 37.6 Å². The highest BCUT2D eigenvalue weighted by Gasteiger charge is 1.95. The first-order chi connectivity index (χ1) is 5.40. The van der Waals surface area contributed by atoms with E-state index < -0.39 is 0 Å². The Balaban J connectivity index is 2.67. The lowest BCUT2D eigenvalue weighted by Crippen LogP contribution is -1.81. The van der Waals surface area contributed by atoms with Gasteiger partial charge in [0.1, 0.15) is 5.58 Å². The van der Waals surface area contributed by atoms with Gasteiger partial charge in [0.2, 0.25) is 0 Å². The first-order valence-electron chi connectivity index (χ1n) is 3.40. The maximum atomic E-state index is 5.17. The van der Waals surface area contributed by atoms with E-state index in [0.29, 0.717) is 0 Å². The third kappa shape index (κ3) is 0.963.